The third-order valence-electron chi connectivity index (χ3n) is 3.55. The second-order valence-corrected chi connectivity index (χ2v) is 4.79. The summed E-state index contributed by atoms with van der Waals surface area (Å²) < 4.78 is 13.1. The van der Waals surface area contributed by atoms with E-state index in [1.54, 1.807) is 11.0 Å². The monoisotopic (exact) mass is 255 g/mol. The first-order valence-corrected chi connectivity index (χ1v) is 6.33. The number of carbonyl (C=O) groups excluding carboxylic acids is 1. The van der Waals surface area contributed by atoms with Gasteiger partial charge in [0.05, 0.1) is 0 Å². The summed E-state index contributed by atoms with van der Waals surface area (Å²) in [6.07, 6.45) is 0.832. The molecule has 3 heteroatoms. The van der Waals surface area contributed by atoms with Crippen molar-refractivity contribution in [2.24, 2.45) is 0 Å². The minimum atomic E-state index is -0.272. The molecule has 2 nitrogen and oxygen atoms in total. The predicted molar refractivity (Wildman–Crippen MR) is 73.0 cm³/mol. The molecule has 0 N–H and O–H groups in total. The topological polar surface area (TPSA) is 20.3 Å². The van der Waals surface area contributed by atoms with Gasteiger partial charge in [0.15, 0.2) is 0 Å². The molecular formula is C16H14FNO. The minimum Gasteiger partial charge on any atom is -0.308 e. The fourth-order valence-electron chi connectivity index (χ4n) is 2.58. The van der Waals surface area contributed by atoms with Crippen LogP contribution in [0.3, 0.4) is 0 Å². The van der Waals surface area contributed by atoms with Crippen molar-refractivity contribution in [3.05, 3.63) is 65.0 Å². The van der Waals surface area contributed by atoms with Crippen molar-refractivity contribution >= 4 is 11.6 Å². The molecular weight excluding hydrogens is 241 g/mol. The number of hydrogen-bond donors (Lipinski definition) is 0. The first-order valence-electron chi connectivity index (χ1n) is 6.33. The van der Waals surface area contributed by atoms with Crippen LogP contribution in [0.15, 0.2) is 42.5 Å². The van der Waals surface area contributed by atoms with Crippen molar-refractivity contribution in [3.8, 4) is 0 Å². The van der Waals surface area contributed by atoms with Gasteiger partial charge in [-0.3, -0.25) is 4.79 Å². The Labute approximate surface area is 111 Å². The van der Waals surface area contributed by atoms with Crippen LogP contribution in [0.1, 0.15) is 21.5 Å². The van der Waals surface area contributed by atoms with Gasteiger partial charge in [-0.1, -0.05) is 18.2 Å². The molecule has 0 saturated heterocycles. The highest BCUT2D eigenvalue weighted by molar-refractivity contribution is 6.08. The number of anilines is 1. The van der Waals surface area contributed by atoms with E-state index in [1.807, 2.05) is 31.2 Å². The summed E-state index contributed by atoms with van der Waals surface area (Å²) >= 11 is 0. The Balaban J connectivity index is 2.02. The normalized spacial score (nSPS) is 14.4. The number of hydrogen-bond acceptors (Lipinski definition) is 1. The Hall–Kier alpha value is -2.16. The van der Waals surface area contributed by atoms with Crippen molar-refractivity contribution in [1.29, 1.82) is 0 Å². The average molecular weight is 255 g/mol. The lowest BCUT2D eigenvalue weighted by Gasteiger charge is -2.29. The van der Waals surface area contributed by atoms with Crippen LogP contribution >= 0.6 is 0 Å². The van der Waals surface area contributed by atoms with Crippen LogP contribution in [0.2, 0.25) is 0 Å². The lowest BCUT2D eigenvalue weighted by Crippen LogP contribution is -2.38. The van der Waals surface area contributed by atoms with E-state index in [0.717, 1.165) is 28.8 Å². The summed E-state index contributed by atoms with van der Waals surface area (Å²) in [4.78, 5) is 14.2. The number of benzene rings is 2. The number of amides is 1. The van der Waals surface area contributed by atoms with E-state index in [1.165, 1.54) is 12.1 Å². The zero-order valence-electron chi connectivity index (χ0n) is 10.7. The van der Waals surface area contributed by atoms with Crippen LogP contribution in [0.4, 0.5) is 10.1 Å². The smallest absolute Gasteiger partial charge is 0.258 e. The zero-order valence-corrected chi connectivity index (χ0v) is 10.7. The van der Waals surface area contributed by atoms with Gasteiger partial charge in [-0.2, -0.15) is 0 Å². The Kier molecular flexibility index (Phi) is 2.82. The number of carbonyl (C=O) groups is 1. The highest BCUT2D eigenvalue weighted by Gasteiger charge is 2.25. The molecule has 2 aromatic carbocycles. The second-order valence-electron chi connectivity index (χ2n) is 4.79. The Bertz CT molecular complexity index is 651. The molecule has 1 aliphatic heterocycles. The third kappa shape index (κ3) is 2.01. The number of aryl methyl sites for hydroxylation is 1. The summed E-state index contributed by atoms with van der Waals surface area (Å²) in [5.74, 6) is -0.275. The third-order valence-corrected chi connectivity index (χ3v) is 3.55. The highest BCUT2D eigenvalue weighted by Crippen LogP contribution is 2.27. The maximum Gasteiger partial charge on any atom is 0.258 e. The number of rotatable bonds is 1. The fourth-order valence-corrected chi connectivity index (χ4v) is 2.58. The second kappa shape index (κ2) is 4.50. The number of nitrogens with zero attached hydrogens (tertiary/aromatic N) is 1. The molecule has 0 radical (unpaired) electrons. The lowest BCUT2D eigenvalue weighted by atomic mass is 9.98. The van der Waals surface area contributed by atoms with Crippen LogP contribution in [0.5, 0.6) is 0 Å². The average Bonchev–Trinajstić information content (AvgIpc) is 2.41. The van der Waals surface area contributed by atoms with Crippen molar-refractivity contribution in [1.82, 2.24) is 0 Å². The highest BCUT2D eigenvalue weighted by atomic mass is 19.1. The molecule has 96 valence electrons. The minimum absolute atomic E-state index is 0.00319. The van der Waals surface area contributed by atoms with E-state index in [0.29, 0.717) is 6.54 Å². The molecule has 0 saturated carbocycles. The fraction of sp³-hybridized carbons (Fsp3) is 0.188. The van der Waals surface area contributed by atoms with Crippen LogP contribution in [-0.2, 0) is 6.42 Å². The molecule has 0 unspecified atom stereocenters. The largest absolute Gasteiger partial charge is 0.308 e. The molecule has 0 spiro atoms. The molecule has 0 aliphatic carbocycles. The maximum absolute atomic E-state index is 13.1. The molecule has 1 aliphatic rings. The first-order chi connectivity index (χ1) is 9.16. The van der Waals surface area contributed by atoms with E-state index >= 15 is 0 Å². The molecule has 2 aromatic rings. The van der Waals surface area contributed by atoms with Crippen molar-refractivity contribution in [2.75, 3.05) is 11.4 Å². The lowest BCUT2D eigenvalue weighted by molar-refractivity contribution is 0.0980. The van der Waals surface area contributed by atoms with Gasteiger partial charge in [0, 0.05) is 17.8 Å². The SMILES string of the molecule is Cc1cc(F)ccc1N1CCc2ccccc2C1=O. The van der Waals surface area contributed by atoms with Gasteiger partial charge in [0.2, 0.25) is 0 Å². The van der Waals surface area contributed by atoms with Gasteiger partial charge in [-0.15, -0.1) is 0 Å². The maximum atomic E-state index is 13.1. The Morgan fingerprint density at radius 3 is 2.74 bits per heavy atom. The van der Waals surface area contributed by atoms with Gasteiger partial charge in [0.25, 0.3) is 5.91 Å². The number of fused-ring (bicyclic) bond motifs is 1. The molecule has 1 heterocycles. The van der Waals surface area contributed by atoms with E-state index in [2.05, 4.69) is 0 Å². The Morgan fingerprint density at radius 1 is 1.16 bits per heavy atom. The summed E-state index contributed by atoms with van der Waals surface area (Å²) in [5, 5.41) is 0. The molecule has 0 bridgehead atoms. The zero-order chi connectivity index (χ0) is 13.4. The van der Waals surface area contributed by atoms with E-state index in [4.69, 9.17) is 0 Å². The summed E-state index contributed by atoms with van der Waals surface area (Å²) in [5.41, 5.74) is 3.41. The molecule has 3 rings (SSSR count). The molecule has 1 amide bonds. The van der Waals surface area contributed by atoms with E-state index in [-0.39, 0.29) is 11.7 Å². The summed E-state index contributed by atoms with van der Waals surface area (Å²) in [7, 11) is 0. The van der Waals surface area contributed by atoms with Gasteiger partial charge in [-0.05, 0) is 48.7 Å². The summed E-state index contributed by atoms with van der Waals surface area (Å²) in [6.45, 7) is 2.47. The van der Waals surface area contributed by atoms with Crippen molar-refractivity contribution in [3.63, 3.8) is 0 Å². The van der Waals surface area contributed by atoms with Gasteiger partial charge in [0.1, 0.15) is 5.82 Å². The Morgan fingerprint density at radius 2 is 1.95 bits per heavy atom. The number of halogens is 1. The van der Waals surface area contributed by atoms with Crippen LogP contribution in [0.25, 0.3) is 0 Å². The summed E-state index contributed by atoms with van der Waals surface area (Å²) in [6, 6.07) is 12.2. The van der Waals surface area contributed by atoms with Crippen molar-refractivity contribution in [2.45, 2.75) is 13.3 Å². The van der Waals surface area contributed by atoms with Crippen LogP contribution in [-0.4, -0.2) is 12.5 Å². The van der Waals surface area contributed by atoms with Gasteiger partial charge < -0.3 is 4.90 Å². The quantitative estimate of drug-likeness (QED) is 0.765. The molecule has 19 heavy (non-hydrogen) atoms. The van der Waals surface area contributed by atoms with Crippen molar-refractivity contribution < 1.29 is 9.18 Å². The standard InChI is InChI=1S/C16H14FNO/c1-11-10-13(17)6-7-15(11)18-9-8-12-4-2-3-5-14(12)16(18)19/h2-7,10H,8-9H2,1H3. The predicted octanol–water partition coefficient (Wildman–Crippen LogP) is 3.34. The van der Waals surface area contributed by atoms with Crippen LogP contribution < -0.4 is 4.90 Å². The van der Waals surface area contributed by atoms with E-state index < -0.39 is 0 Å². The molecule has 0 fully saturated rings. The first kappa shape index (κ1) is 11.9. The van der Waals surface area contributed by atoms with Gasteiger partial charge >= 0.3 is 0 Å². The molecule has 0 atom stereocenters. The van der Waals surface area contributed by atoms with E-state index in [9.17, 15) is 9.18 Å². The van der Waals surface area contributed by atoms with Gasteiger partial charge in [-0.25, -0.2) is 4.39 Å². The molecule has 0 aromatic heterocycles. The van der Waals surface area contributed by atoms with Crippen LogP contribution in [0, 0.1) is 12.7 Å².